The Hall–Kier alpha value is -2.63. The van der Waals surface area contributed by atoms with Crippen molar-refractivity contribution in [3.63, 3.8) is 0 Å². The number of nitrogens with zero attached hydrogens (tertiary/aromatic N) is 3. The lowest BCUT2D eigenvalue weighted by atomic mass is 9.96. The van der Waals surface area contributed by atoms with E-state index < -0.39 is 6.04 Å². The monoisotopic (exact) mass is 394 g/mol. The van der Waals surface area contributed by atoms with Crippen molar-refractivity contribution in [3.8, 4) is 0 Å². The SMILES string of the molecule is O=C(C[C@H](C(=O)N1CCc2ccccc21)n1ccnc1)NC1CCCCCCC1. The maximum absolute atomic E-state index is 13.4. The molecule has 1 aromatic heterocycles. The van der Waals surface area contributed by atoms with E-state index in [4.69, 9.17) is 0 Å². The Morgan fingerprint density at radius 2 is 1.86 bits per heavy atom. The lowest BCUT2D eigenvalue weighted by Crippen LogP contribution is -2.41. The molecule has 2 heterocycles. The van der Waals surface area contributed by atoms with E-state index in [1.54, 1.807) is 23.3 Å². The number of hydrogen-bond donors (Lipinski definition) is 1. The molecule has 0 bridgehead atoms. The molecule has 1 saturated carbocycles. The van der Waals surface area contributed by atoms with Crippen LogP contribution >= 0.6 is 0 Å². The number of amides is 2. The van der Waals surface area contributed by atoms with Crippen LogP contribution in [0.1, 0.15) is 63.0 Å². The van der Waals surface area contributed by atoms with E-state index in [0.717, 1.165) is 24.9 Å². The number of para-hydroxylation sites is 1. The molecular weight excluding hydrogens is 364 g/mol. The number of anilines is 1. The minimum Gasteiger partial charge on any atom is -0.353 e. The van der Waals surface area contributed by atoms with Crippen LogP contribution in [0.4, 0.5) is 5.69 Å². The molecule has 1 aliphatic carbocycles. The lowest BCUT2D eigenvalue weighted by Gasteiger charge is -2.26. The first-order valence-electron chi connectivity index (χ1n) is 10.9. The molecule has 1 aromatic carbocycles. The van der Waals surface area contributed by atoms with E-state index in [0.29, 0.717) is 6.54 Å². The number of aromatic nitrogens is 2. The molecule has 2 aliphatic rings. The van der Waals surface area contributed by atoms with E-state index in [9.17, 15) is 9.59 Å². The Balaban J connectivity index is 1.46. The predicted octanol–water partition coefficient (Wildman–Crippen LogP) is 3.63. The summed E-state index contributed by atoms with van der Waals surface area (Å²) in [6, 6.07) is 7.67. The van der Waals surface area contributed by atoms with Crippen molar-refractivity contribution in [1.29, 1.82) is 0 Å². The van der Waals surface area contributed by atoms with E-state index in [1.807, 2.05) is 23.1 Å². The average molecular weight is 395 g/mol. The largest absolute Gasteiger partial charge is 0.353 e. The second-order valence-corrected chi connectivity index (χ2v) is 8.21. The minimum atomic E-state index is -0.572. The van der Waals surface area contributed by atoms with Crippen LogP contribution in [0.3, 0.4) is 0 Å². The molecule has 6 heteroatoms. The quantitative estimate of drug-likeness (QED) is 0.842. The number of carbonyl (C=O) groups excluding carboxylic acids is 2. The minimum absolute atomic E-state index is 0.0410. The van der Waals surface area contributed by atoms with Gasteiger partial charge in [-0.15, -0.1) is 0 Å². The van der Waals surface area contributed by atoms with Crippen LogP contribution in [0.5, 0.6) is 0 Å². The highest BCUT2D eigenvalue weighted by molar-refractivity contribution is 6.00. The van der Waals surface area contributed by atoms with Gasteiger partial charge >= 0.3 is 0 Å². The molecule has 1 aliphatic heterocycles. The average Bonchev–Trinajstić information content (AvgIpc) is 3.37. The van der Waals surface area contributed by atoms with Gasteiger partial charge in [-0.3, -0.25) is 9.59 Å². The van der Waals surface area contributed by atoms with Crippen molar-refractivity contribution in [2.75, 3.05) is 11.4 Å². The highest BCUT2D eigenvalue weighted by Gasteiger charge is 2.32. The van der Waals surface area contributed by atoms with Gasteiger partial charge < -0.3 is 14.8 Å². The first kappa shape index (κ1) is 19.7. The number of imidazole rings is 1. The van der Waals surface area contributed by atoms with E-state index in [2.05, 4.69) is 16.4 Å². The highest BCUT2D eigenvalue weighted by Crippen LogP contribution is 2.30. The molecule has 2 amide bonds. The molecule has 1 fully saturated rings. The number of carbonyl (C=O) groups is 2. The molecule has 6 nitrogen and oxygen atoms in total. The van der Waals surface area contributed by atoms with Crippen molar-refractivity contribution >= 4 is 17.5 Å². The summed E-state index contributed by atoms with van der Waals surface area (Å²) in [4.78, 5) is 32.2. The number of benzene rings is 1. The fourth-order valence-electron chi connectivity index (χ4n) is 4.58. The van der Waals surface area contributed by atoms with Gasteiger partial charge in [0.1, 0.15) is 6.04 Å². The van der Waals surface area contributed by atoms with Crippen LogP contribution in [0, 0.1) is 0 Å². The Morgan fingerprint density at radius 1 is 1.10 bits per heavy atom. The van der Waals surface area contributed by atoms with Gasteiger partial charge in [0.25, 0.3) is 5.91 Å². The molecule has 1 N–H and O–H groups in total. The molecule has 2 aromatic rings. The molecule has 4 rings (SSSR count). The summed E-state index contributed by atoms with van der Waals surface area (Å²) in [5.74, 6) is -0.0872. The second-order valence-electron chi connectivity index (χ2n) is 8.21. The van der Waals surface area contributed by atoms with Crippen LogP contribution in [-0.4, -0.2) is 34.0 Å². The first-order chi connectivity index (χ1) is 14.2. The standard InChI is InChI=1S/C23H30N4O2/c28-22(25-19-9-4-2-1-3-5-10-19)16-21(26-15-13-24-17-26)23(29)27-14-12-18-8-6-7-11-20(18)27/h6-8,11,13,15,17,19,21H,1-5,9-10,12,14,16H2,(H,25,28)/t21-/m1/s1. The van der Waals surface area contributed by atoms with Crippen molar-refractivity contribution < 1.29 is 9.59 Å². The summed E-state index contributed by atoms with van der Waals surface area (Å²) in [7, 11) is 0. The third kappa shape index (κ3) is 4.69. The van der Waals surface area contributed by atoms with Crippen LogP contribution in [-0.2, 0) is 16.0 Å². The Kier molecular flexibility index (Phi) is 6.27. The molecule has 0 unspecified atom stereocenters. The third-order valence-electron chi connectivity index (χ3n) is 6.17. The van der Waals surface area contributed by atoms with Crippen LogP contribution in [0.2, 0.25) is 0 Å². The summed E-state index contributed by atoms with van der Waals surface area (Å²) < 4.78 is 1.76. The zero-order chi connectivity index (χ0) is 20.1. The van der Waals surface area contributed by atoms with Crippen LogP contribution in [0.25, 0.3) is 0 Å². The summed E-state index contributed by atoms with van der Waals surface area (Å²) in [6.45, 7) is 0.660. The van der Waals surface area contributed by atoms with Gasteiger partial charge in [0.05, 0.1) is 12.7 Å². The summed E-state index contributed by atoms with van der Waals surface area (Å²) >= 11 is 0. The molecule has 29 heavy (non-hydrogen) atoms. The molecular formula is C23H30N4O2. The van der Waals surface area contributed by atoms with E-state index >= 15 is 0 Å². The van der Waals surface area contributed by atoms with Gasteiger partial charge in [0, 0.05) is 30.7 Å². The normalized spacial score (nSPS) is 18.6. The predicted molar refractivity (Wildman–Crippen MR) is 113 cm³/mol. The van der Waals surface area contributed by atoms with Gasteiger partial charge in [-0.1, -0.05) is 50.3 Å². The van der Waals surface area contributed by atoms with E-state index in [1.165, 1.54) is 37.7 Å². The number of fused-ring (bicyclic) bond motifs is 1. The van der Waals surface area contributed by atoms with Crippen molar-refractivity contribution in [3.05, 3.63) is 48.5 Å². The zero-order valence-corrected chi connectivity index (χ0v) is 16.9. The van der Waals surface area contributed by atoms with Gasteiger partial charge in [0.2, 0.25) is 5.91 Å². The molecule has 1 atom stereocenters. The van der Waals surface area contributed by atoms with Gasteiger partial charge in [-0.2, -0.15) is 0 Å². The third-order valence-corrected chi connectivity index (χ3v) is 6.17. The molecule has 0 saturated heterocycles. The maximum Gasteiger partial charge on any atom is 0.250 e. The summed E-state index contributed by atoms with van der Waals surface area (Å²) in [5, 5.41) is 3.20. The topological polar surface area (TPSA) is 67.2 Å². The maximum atomic E-state index is 13.4. The Morgan fingerprint density at radius 3 is 2.62 bits per heavy atom. The Bertz CT molecular complexity index is 825. The smallest absolute Gasteiger partial charge is 0.250 e. The van der Waals surface area contributed by atoms with Crippen molar-refractivity contribution in [2.45, 2.75) is 69.9 Å². The van der Waals surface area contributed by atoms with Crippen LogP contribution < -0.4 is 10.2 Å². The highest BCUT2D eigenvalue weighted by atomic mass is 16.2. The summed E-state index contributed by atoms with van der Waals surface area (Å²) in [5.41, 5.74) is 2.15. The lowest BCUT2D eigenvalue weighted by molar-refractivity contribution is -0.128. The van der Waals surface area contributed by atoms with Gasteiger partial charge in [-0.05, 0) is 30.9 Å². The van der Waals surface area contributed by atoms with E-state index in [-0.39, 0.29) is 24.3 Å². The number of hydrogen-bond acceptors (Lipinski definition) is 3. The molecule has 154 valence electrons. The van der Waals surface area contributed by atoms with Crippen LogP contribution in [0.15, 0.2) is 43.0 Å². The summed E-state index contributed by atoms with van der Waals surface area (Å²) in [6.07, 6.45) is 14.3. The Labute approximate surface area is 172 Å². The molecule has 0 radical (unpaired) electrons. The van der Waals surface area contributed by atoms with Crippen molar-refractivity contribution in [2.24, 2.45) is 0 Å². The zero-order valence-electron chi connectivity index (χ0n) is 16.9. The fraction of sp³-hybridized carbons (Fsp3) is 0.522. The van der Waals surface area contributed by atoms with Crippen molar-refractivity contribution in [1.82, 2.24) is 14.9 Å². The fourth-order valence-corrected chi connectivity index (χ4v) is 4.58. The first-order valence-corrected chi connectivity index (χ1v) is 10.9. The molecule has 0 spiro atoms. The van der Waals surface area contributed by atoms with Gasteiger partial charge in [0.15, 0.2) is 0 Å². The second kappa shape index (κ2) is 9.25. The number of nitrogens with one attached hydrogen (secondary N) is 1. The van der Waals surface area contributed by atoms with Gasteiger partial charge in [-0.25, -0.2) is 4.98 Å². The number of rotatable bonds is 5.